The summed E-state index contributed by atoms with van der Waals surface area (Å²) in [7, 11) is -3.10. The zero-order valence-electron chi connectivity index (χ0n) is 13.7. The molecule has 0 radical (unpaired) electrons. The lowest BCUT2D eigenvalue weighted by Crippen LogP contribution is -2.37. The number of rotatable bonds is 5. The third kappa shape index (κ3) is 3.10. The fourth-order valence-electron chi connectivity index (χ4n) is 3.44. The van der Waals surface area contributed by atoms with Crippen LogP contribution in [0.5, 0.6) is 0 Å². The molecule has 0 unspecified atom stereocenters. The zero-order valence-corrected chi connectivity index (χ0v) is 14.6. The van der Waals surface area contributed by atoms with Crippen LogP contribution in [0.2, 0.25) is 0 Å². The Hall–Kier alpha value is -1.74. The van der Waals surface area contributed by atoms with Gasteiger partial charge in [-0.3, -0.25) is 4.68 Å². The molecule has 0 bridgehead atoms. The van der Waals surface area contributed by atoms with Crippen molar-refractivity contribution < 1.29 is 8.42 Å². The molecular weight excluding hydrogens is 328 g/mol. The standard InChI is InChI=1S/C15H22N6O2S/c1-24(22,23)20-9-5-12(6-10-20)15-18-17-14(21(15)13-3-4-13)11-19-8-2-7-16-19/h2,7-8,12-13H,3-6,9-11H2,1H3. The summed E-state index contributed by atoms with van der Waals surface area (Å²) in [6, 6.07) is 2.40. The molecule has 0 aromatic carbocycles. The van der Waals surface area contributed by atoms with Crippen molar-refractivity contribution in [2.75, 3.05) is 19.3 Å². The van der Waals surface area contributed by atoms with E-state index in [4.69, 9.17) is 0 Å². The quantitative estimate of drug-likeness (QED) is 0.803. The molecule has 2 aliphatic rings. The smallest absolute Gasteiger partial charge is 0.211 e. The minimum atomic E-state index is -3.10. The predicted molar refractivity (Wildman–Crippen MR) is 88.0 cm³/mol. The average Bonchev–Trinajstić information content (AvgIpc) is 3.09. The van der Waals surface area contributed by atoms with E-state index in [1.807, 2.05) is 16.9 Å². The first-order valence-corrected chi connectivity index (χ1v) is 10.2. The van der Waals surface area contributed by atoms with Gasteiger partial charge in [-0.2, -0.15) is 5.10 Å². The van der Waals surface area contributed by atoms with Crippen molar-refractivity contribution in [3.05, 3.63) is 30.1 Å². The second-order valence-electron chi connectivity index (χ2n) is 6.72. The summed E-state index contributed by atoms with van der Waals surface area (Å²) in [5, 5.41) is 13.1. The number of sulfonamides is 1. The summed E-state index contributed by atoms with van der Waals surface area (Å²) >= 11 is 0. The molecule has 1 aliphatic heterocycles. The van der Waals surface area contributed by atoms with Gasteiger partial charge < -0.3 is 4.57 Å². The van der Waals surface area contributed by atoms with E-state index in [-0.39, 0.29) is 5.92 Å². The van der Waals surface area contributed by atoms with Crippen LogP contribution in [0.15, 0.2) is 18.5 Å². The van der Waals surface area contributed by atoms with Crippen molar-refractivity contribution in [1.82, 2.24) is 28.9 Å². The van der Waals surface area contributed by atoms with Crippen LogP contribution in [-0.2, 0) is 16.6 Å². The lowest BCUT2D eigenvalue weighted by molar-refractivity contribution is 0.310. The Kier molecular flexibility index (Phi) is 3.92. The molecule has 8 nitrogen and oxygen atoms in total. The third-order valence-electron chi connectivity index (χ3n) is 4.86. The van der Waals surface area contributed by atoms with Crippen molar-refractivity contribution in [2.24, 2.45) is 0 Å². The van der Waals surface area contributed by atoms with Crippen LogP contribution in [0.25, 0.3) is 0 Å². The minimum absolute atomic E-state index is 0.280. The topological polar surface area (TPSA) is 85.9 Å². The van der Waals surface area contributed by atoms with E-state index < -0.39 is 10.0 Å². The highest BCUT2D eigenvalue weighted by Crippen LogP contribution is 2.40. The van der Waals surface area contributed by atoms with Crippen LogP contribution in [0.3, 0.4) is 0 Å². The first-order chi connectivity index (χ1) is 11.5. The molecule has 130 valence electrons. The van der Waals surface area contributed by atoms with Crippen LogP contribution >= 0.6 is 0 Å². The first-order valence-electron chi connectivity index (χ1n) is 8.38. The first kappa shape index (κ1) is 15.8. The second kappa shape index (κ2) is 5.96. The van der Waals surface area contributed by atoms with E-state index in [9.17, 15) is 8.42 Å². The molecule has 0 atom stereocenters. The number of piperidine rings is 1. The Labute approximate surface area is 141 Å². The van der Waals surface area contributed by atoms with Gasteiger partial charge >= 0.3 is 0 Å². The monoisotopic (exact) mass is 350 g/mol. The van der Waals surface area contributed by atoms with Crippen LogP contribution in [0, 0.1) is 0 Å². The molecule has 0 spiro atoms. The van der Waals surface area contributed by atoms with Crippen LogP contribution < -0.4 is 0 Å². The van der Waals surface area contributed by atoms with E-state index in [0.717, 1.165) is 24.5 Å². The Morgan fingerprint density at radius 2 is 1.92 bits per heavy atom. The number of aromatic nitrogens is 5. The Morgan fingerprint density at radius 3 is 2.50 bits per heavy atom. The SMILES string of the molecule is CS(=O)(=O)N1CCC(c2nnc(Cn3cccn3)n2C2CC2)CC1. The molecular formula is C15H22N6O2S. The molecule has 3 heterocycles. The number of hydrogen-bond acceptors (Lipinski definition) is 5. The molecule has 4 rings (SSSR count). The maximum Gasteiger partial charge on any atom is 0.211 e. The fourth-order valence-corrected chi connectivity index (χ4v) is 4.31. The fraction of sp³-hybridized carbons (Fsp3) is 0.667. The lowest BCUT2D eigenvalue weighted by Gasteiger charge is -2.30. The largest absolute Gasteiger partial charge is 0.310 e. The maximum absolute atomic E-state index is 11.7. The molecule has 2 aromatic heterocycles. The summed E-state index contributed by atoms with van der Waals surface area (Å²) in [5.41, 5.74) is 0. The molecule has 1 saturated heterocycles. The zero-order chi connectivity index (χ0) is 16.7. The van der Waals surface area contributed by atoms with E-state index in [1.165, 1.54) is 19.1 Å². The highest BCUT2D eigenvalue weighted by Gasteiger charge is 2.34. The molecule has 2 fully saturated rings. The summed E-state index contributed by atoms with van der Waals surface area (Å²) in [5.74, 6) is 2.25. The third-order valence-corrected chi connectivity index (χ3v) is 6.16. The molecule has 1 aliphatic carbocycles. The average molecular weight is 350 g/mol. The molecule has 9 heteroatoms. The second-order valence-corrected chi connectivity index (χ2v) is 8.70. The van der Waals surface area contributed by atoms with E-state index in [2.05, 4.69) is 19.9 Å². The molecule has 0 amide bonds. The van der Waals surface area contributed by atoms with Gasteiger partial charge in [-0.05, 0) is 31.7 Å². The van der Waals surface area contributed by atoms with Crippen molar-refractivity contribution in [3.8, 4) is 0 Å². The van der Waals surface area contributed by atoms with E-state index in [1.54, 1.807) is 10.5 Å². The normalized spacial score (nSPS) is 20.5. The summed E-state index contributed by atoms with van der Waals surface area (Å²) in [4.78, 5) is 0. The van der Waals surface area contributed by atoms with Crippen molar-refractivity contribution in [3.63, 3.8) is 0 Å². The Morgan fingerprint density at radius 1 is 1.17 bits per heavy atom. The number of hydrogen-bond donors (Lipinski definition) is 0. The van der Waals surface area contributed by atoms with Crippen LogP contribution in [-0.4, -0.2) is 56.6 Å². The van der Waals surface area contributed by atoms with Crippen LogP contribution in [0.4, 0.5) is 0 Å². The lowest BCUT2D eigenvalue weighted by atomic mass is 9.97. The summed E-state index contributed by atoms with van der Waals surface area (Å²) in [6.07, 6.45) is 8.91. The van der Waals surface area contributed by atoms with Crippen LogP contribution in [0.1, 0.15) is 49.3 Å². The Balaban J connectivity index is 1.55. The number of nitrogens with zero attached hydrogens (tertiary/aromatic N) is 6. The molecule has 2 aromatic rings. The highest BCUT2D eigenvalue weighted by molar-refractivity contribution is 7.88. The molecule has 1 saturated carbocycles. The van der Waals surface area contributed by atoms with Gasteiger partial charge in [0.1, 0.15) is 12.4 Å². The van der Waals surface area contributed by atoms with Gasteiger partial charge in [0.2, 0.25) is 10.0 Å². The minimum Gasteiger partial charge on any atom is -0.310 e. The molecule has 0 N–H and O–H groups in total. The van der Waals surface area contributed by atoms with Gasteiger partial charge in [0.05, 0.1) is 6.26 Å². The van der Waals surface area contributed by atoms with E-state index in [0.29, 0.717) is 25.7 Å². The van der Waals surface area contributed by atoms with Gasteiger partial charge in [-0.1, -0.05) is 0 Å². The van der Waals surface area contributed by atoms with Gasteiger partial charge in [-0.25, -0.2) is 12.7 Å². The van der Waals surface area contributed by atoms with Crippen molar-refractivity contribution >= 4 is 10.0 Å². The van der Waals surface area contributed by atoms with E-state index >= 15 is 0 Å². The van der Waals surface area contributed by atoms with Gasteiger partial charge in [-0.15, -0.1) is 10.2 Å². The summed E-state index contributed by atoms with van der Waals surface area (Å²) in [6.45, 7) is 1.75. The molecule has 24 heavy (non-hydrogen) atoms. The highest BCUT2D eigenvalue weighted by atomic mass is 32.2. The maximum atomic E-state index is 11.7. The Bertz CT molecular complexity index is 801. The van der Waals surface area contributed by atoms with Crippen molar-refractivity contribution in [1.29, 1.82) is 0 Å². The predicted octanol–water partition coefficient (Wildman–Crippen LogP) is 0.997. The van der Waals surface area contributed by atoms with Gasteiger partial charge in [0.15, 0.2) is 5.82 Å². The summed E-state index contributed by atoms with van der Waals surface area (Å²) < 4.78 is 29.1. The van der Waals surface area contributed by atoms with Gasteiger partial charge in [0.25, 0.3) is 0 Å². The van der Waals surface area contributed by atoms with Gasteiger partial charge in [0, 0.05) is 37.4 Å². The van der Waals surface area contributed by atoms with Crippen molar-refractivity contribution in [2.45, 2.75) is 44.2 Å².